The Balaban J connectivity index is 2.01. The summed E-state index contributed by atoms with van der Waals surface area (Å²) in [4.78, 5) is 10.9. The van der Waals surface area contributed by atoms with E-state index >= 15 is 0 Å². The smallest absolute Gasteiger partial charge is 0.153 e. The minimum atomic E-state index is 0.150. The van der Waals surface area contributed by atoms with Crippen LogP contribution in [0, 0.1) is 0 Å². The van der Waals surface area contributed by atoms with Crippen LogP contribution in [0.5, 0.6) is 11.5 Å². The molecule has 0 aromatic heterocycles. The molecule has 1 aliphatic heterocycles. The summed E-state index contributed by atoms with van der Waals surface area (Å²) in [5.74, 6) is 1.23. The van der Waals surface area contributed by atoms with Crippen LogP contribution >= 0.6 is 0 Å². The molecule has 2 rings (SSSR count). The fourth-order valence-electron chi connectivity index (χ4n) is 1.84. The Morgan fingerprint density at radius 3 is 3.06 bits per heavy atom. The Labute approximate surface area is 100 Å². The molecule has 0 unspecified atom stereocenters. The van der Waals surface area contributed by atoms with E-state index < -0.39 is 0 Å². The number of carbonyl (C=O) groups excluding carboxylic acids is 1. The van der Waals surface area contributed by atoms with Crippen molar-refractivity contribution in [1.29, 1.82) is 0 Å². The van der Waals surface area contributed by atoms with E-state index in [1.807, 2.05) is 0 Å². The summed E-state index contributed by atoms with van der Waals surface area (Å²) in [7, 11) is 1.57. The van der Waals surface area contributed by atoms with Gasteiger partial charge in [0, 0.05) is 6.61 Å². The summed E-state index contributed by atoms with van der Waals surface area (Å²) in [5.41, 5.74) is 0.502. The van der Waals surface area contributed by atoms with E-state index in [0.29, 0.717) is 23.7 Å². The van der Waals surface area contributed by atoms with Crippen LogP contribution in [0.1, 0.15) is 23.2 Å². The van der Waals surface area contributed by atoms with Gasteiger partial charge in [0.05, 0.1) is 18.8 Å². The van der Waals surface area contributed by atoms with Crippen LogP contribution in [-0.4, -0.2) is 32.7 Å². The van der Waals surface area contributed by atoms with Crippen LogP contribution in [0.25, 0.3) is 0 Å². The predicted octanol–water partition coefficient (Wildman–Crippen LogP) is 2.07. The first-order chi connectivity index (χ1) is 8.33. The van der Waals surface area contributed by atoms with Crippen molar-refractivity contribution in [1.82, 2.24) is 0 Å². The largest absolute Gasteiger partial charge is 0.497 e. The van der Waals surface area contributed by atoms with Gasteiger partial charge in [0.15, 0.2) is 6.29 Å². The first-order valence-electron chi connectivity index (χ1n) is 5.71. The van der Waals surface area contributed by atoms with Crippen molar-refractivity contribution in [2.75, 3.05) is 20.3 Å². The number of carbonyl (C=O) groups is 1. The van der Waals surface area contributed by atoms with Gasteiger partial charge in [0.2, 0.25) is 0 Å². The van der Waals surface area contributed by atoms with Crippen LogP contribution in [-0.2, 0) is 4.74 Å². The topological polar surface area (TPSA) is 44.8 Å². The lowest BCUT2D eigenvalue weighted by atomic mass is 10.2. The van der Waals surface area contributed by atoms with E-state index in [2.05, 4.69) is 0 Å². The fraction of sp³-hybridized carbons (Fsp3) is 0.462. The average molecular weight is 236 g/mol. The monoisotopic (exact) mass is 236 g/mol. The minimum Gasteiger partial charge on any atom is -0.497 e. The molecule has 0 saturated carbocycles. The van der Waals surface area contributed by atoms with E-state index in [-0.39, 0.29) is 6.10 Å². The lowest BCUT2D eigenvalue weighted by Gasteiger charge is -2.13. The zero-order chi connectivity index (χ0) is 12.1. The first-order valence-corrected chi connectivity index (χ1v) is 5.71. The Morgan fingerprint density at radius 2 is 2.41 bits per heavy atom. The van der Waals surface area contributed by atoms with Gasteiger partial charge in [-0.25, -0.2) is 0 Å². The van der Waals surface area contributed by atoms with E-state index in [9.17, 15) is 4.79 Å². The SMILES string of the molecule is COc1ccc(OC[C@@H]2CCCO2)c(C=O)c1. The molecule has 4 heteroatoms. The molecule has 1 aromatic carbocycles. The molecule has 1 fully saturated rings. The molecule has 4 nitrogen and oxygen atoms in total. The maximum Gasteiger partial charge on any atom is 0.153 e. The van der Waals surface area contributed by atoms with E-state index in [1.54, 1.807) is 25.3 Å². The van der Waals surface area contributed by atoms with Crippen LogP contribution < -0.4 is 9.47 Å². The molecule has 1 aliphatic rings. The number of rotatable bonds is 5. The van der Waals surface area contributed by atoms with E-state index in [4.69, 9.17) is 14.2 Å². The summed E-state index contributed by atoms with van der Waals surface area (Å²) in [6.45, 7) is 1.30. The van der Waals surface area contributed by atoms with Crippen molar-refractivity contribution in [2.45, 2.75) is 18.9 Å². The lowest BCUT2D eigenvalue weighted by molar-refractivity contribution is 0.0675. The number of methoxy groups -OCH3 is 1. The first kappa shape index (κ1) is 11.9. The van der Waals surface area contributed by atoms with E-state index in [1.165, 1.54) is 0 Å². The average Bonchev–Trinajstić information content (AvgIpc) is 2.89. The normalized spacial score (nSPS) is 19.0. The Kier molecular flexibility index (Phi) is 3.98. The van der Waals surface area contributed by atoms with Crippen molar-refractivity contribution in [3.05, 3.63) is 23.8 Å². The molecule has 0 radical (unpaired) electrons. The summed E-state index contributed by atoms with van der Waals surface area (Å²) in [5, 5.41) is 0. The predicted molar refractivity (Wildman–Crippen MR) is 62.9 cm³/mol. The number of hydrogen-bond donors (Lipinski definition) is 0. The zero-order valence-corrected chi connectivity index (χ0v) is 9.85. The van der Waals surface area contributed by atoms with Crippen LogP contribution in [0.4, 0.5) is 0 Å². The third kappa shape index (κ3) is 2.97. The summed E-state index contributed by atoms with van der Waals surface area (Å²) >= 11 is 0. The molecule has 1 heterocycles. The highest BCUT2D eigenvalue weighted by Crippen LogP contribution is 2.23. The second kappa shape index (κ2) is 5.68. The molecule has 0 amide bonds. The van der Waals surface area contributed by atoms with Gasteiger partial charge >= 0.3 is 0 Å². The zero-order valence-electron chi connectivity index (χ0n) is 9.85. The molecule has 1 atom stereocenters. The quantitative estimate of drug-likeness (QED) is 0.734. The Hall–Kier alpha value is -1.55. The van der Waals surface area contributed by atoms with Gasteiger partial charge in [-0.1, -0.05) is 0 Å². The van der Waals surface area contributed by atoms with Crippen LogP contribution in [0.3, 0.4) is 0 Å². The number of hydrogen-bond acceptors (Lipinski definition) is 4. The van der Waals surface area contributed by atoms with Crippen LogP contribution in [0.15, 0.2) is 18.2 Å². The summed E-state index contributed by atoms with van der Waals surface area (Å²) in [6.07, 6.45) is 3.02. The van der Waals surface area contributed by atoms with Crippen molar-refractivity contribution < 1.29 is 19.0 Å². The number of benzene rings is 1. The summed E-state index contributed by atoms with van der Waals surface area (Å²) < 4.78 is 16.1. The summed E-state index contributed by atoms with van der Waals surface area (Å²) in [6, 6.07) is 5.19. The molecular formula is C13H16O4. The number of ether oxygens (including phenoxy) is 3. The van der Waals surface area contributed by atoms with Gasteiger partial charge in [-0.3, -0.25) is 4.79 Å². The van der Waals surface area contributed by atoms with Crippen molar-refractivity contribution in [3.8, 4) is 11.5 Å². The van der Waals surface area contributed by atoms with Gasteiger partial charge in [0.25, 0.3) is 0 Å². The minimum absolute atomic E-state index is 0.150. The van der Waals surface area contributed by atoms with Gasteiger partial charge < -0.3 is 14.2 Å². The molecule has 1 aromatic rings. The van der Waals surface area contributed by atoms with E-state index in [0.717, 1.165) is 25.7 Å². The molecule has 1 saturated heterocycles. The highest BCUT2D eigenvalue weighted by molar-refractivity contribution is 5.80. The molecule has 0 aliphatic carbocycles. The molecule has 0 N–H and O–H groups in total. The third-order valence-corrected chi connectivity index (χ3v) is 2.79. The van der Waals surface area contributed by atoms with Crippen molar-refractivity contribution in [2.24, 2.45) is 0 Å². The maximum absolute atomic E-state index is 10.9. The van der Waals surface area contributed by atoms with Crippen molar-refractivity contribution in [3.63, 3.8) is 0 Å². The van der Waals surface area contributed by atoms with Gasteiger partial charge in [-0.2, -0.15) is 0 Å². The Morgan fingerprint density at radius 1 is 1.53 bits per heavy atom. The Bertz CT molecular complexity index is 383. The lowest BCUT2D eigenvalue weighted by Crippen LogP contribution is -2.16. The second-order valence-electron chi connectivity index (χ2n) is 3.97. The molecule has 17 heavy (non-hydrogen) atoms. The second-order valence-corrected chi connectivity index (χ2v) is 3.97. The standard InChI is InChI=1S/C13H16O4/c1-15-11-4-5-13(10(7-11)8-14)17-9-12-3-2-6-16-12/h4-5,7-8,12H,2-3,6,9H2,1H3/t12-/m0/s1. The maximum atomic E-state index is 10.9. The molecule has 0 spiro atoms. The van der Waals surface area contributed by atoms with Gasteiger partial charge in [-0.15, -0.1) is 0 Å². The van der Waals surface area contributed by atoms with Gasteiger partial charge in [0.1, 0.15) is 18.1 Å². The fourth-order valence-corrected chi connectivity index (χ4v) is 1.84. The molecule has 92 valence electrons. The highest BCUT2D eigenvalue weighted by atomic mass is 16.5. The highest BCUT2D eigenvalue weighted by Gasteiger charge is 2.16. The van der Waals surface area contributed by atoms with Crippen LogP contribution in [0.2, 0.25) is 0 Å². The van der Waals surface area contributed by atoms with Crippen molar-refractivity contribution >= 4 is 6.29 Å². The number of aldehydes is 1. The molecular weight excluding hydrogens is 220 g/mol. The van der Waals surface area contributed by atoms with Gasteiger partial charge in [-0.05, 0) is 31.0 Å². The molecule has 0 bridgehead atoms. The third-order valence-electron chi connectivity index (χ3n) is 2.79.